The SMILES string of the molecule is CC(Sc1nnc(N2CCCC2)s1)c1cccc([N+](=O)[O-])c1. The van der Waals surface area contributed by atoms with Gasteiger partial charge in [-0.05, 0) is 25.3 Å². The highest BCUT2D eigenvalue weighted by Crippen LogP contribution is 2.39. The van der Waals surface area contributed by atoms with E-state index in [-0.39, 0.29) is 15.9 Å². The molecule has 6 nitrogen and oxygen atoms in total. The van der Waals surface area contributed by atoms with Crippen LogP contribution in [-0.4, -0.2) is 28.2 Å². The molecule has 0 amide bonds. The van der Waals surface area contributed by atoms with Gasteiger partial charge in [-0.15, -0.1) is 10.2 Å². The van der Waals surface area contributed by atoms with E-state index in [1.54, 1.807) is 35.2 Å². The third-order valence-corrected chi connectivity index (χ3v) is 5.83. The van der Waals surface area contributed by atoms with Crippen LogP contribution in [0.3, 0.4) is 0 Å². The third-order valence-electron chi connectivity index (χ3n) is 3.60. The molecular formula is C14H16N4O2S2. The minimum absolute atomic E-state index is 0.0966. The topological polar surface area (TPSA) is 72.2 Å². The summed E-state index contributed by atoms with van der Waals surface area (Å²) in [5.41, 5.74) is 1.05. The van der Waals surface area contributed by atoms with Gasteiger partial charge in [0.25, 0.3) is 5.69 Å². The van der Waals surface area contributed by atoms with Crippen molar-refractivity contribution in [2.45, 2.75) is 29.4 Å². The number of nitro groups is 1. The highest BCUT2D eigenvalue weighted by Gasteiger charge is 2.19. The maximum Gasteiger partial charge on any atom is 0.269 e. The number of nitrogens with zero attached hydrogens (tertiary/aromatic N) is 4. The van der Waals surface area contributed by atoms with Crippen molar-refractivity contribution in [3.05, 3.63) is 39.9 Å². The number of nitro benzene ring substituents is 1. The van der Waals surface area contributed by atoms with Gasteiger partial charge in [0.05, 0.1) is 4.92 Å². The standard InChI is InChI=1S/C14H16N4O2S2/c1-10(11-5-4-6-12(9-11)18(19)20)21-14-16-15-13(22-14)17-7-2-3-8-17/h4-6,9-10H,2-3,7-8H2,1H3. The zero-order valence-electron chi connectivity index (χ0n) is 12.1. The summed E-state index contributed by atoms with van der Waals surface area (Å²) in [5.74, 6) is 0. The van der Waals surface area contributed by atoms with Gasteiger partial charge in [0.15, 0.2) is 4.34 Å². The first-order valence-electron chi connectivity index (χ1n) is 7.13. The molecule has 1 aliphatic rings. The quantitative estimate of drug-likeness (QED) is 0.468. The highest BCUT2D eigenvalue weighted by molar-refractivity contribution is 8.01. The molecule has 1 aromatic carbocycles. The Hall–Kier alpha value is -1.67. The van der Waals surface area contributed by atoms with Gasteiger partial charge in [-0.25, -0.2) is 0 Å². The largest absolute Gasteiger partial charge is 0.347 e. The summed E-state index contributed by atoms with van der Waals surface area (Å²) in [7, 11) is 0. The summed E-state index contributed by atoms with van der Waals surface area (Å²) >= 11 is 3.19. The van der Waals surface area contributed by atoms with E-state index in [0.29, 0.717) is 0 Å². The Morgan fingerprint density at radius 3 is 2.86 bits per heavy atom. The van der Waals surface area contributed by atoms with Crippen LogP contribution >= 0.6 is 23.1 Å². The molecule has 22 heavy (non-hydrogen) atoms. The lowest BCUT2D eigenvalue weighted by atomic mass is 10.1. The predicted octanol–water partition coefficient (Wildman–Crippen LogP) is 3.90. The summed E-state index contributed by atoms with van der Waals surface area (Å²) in [6.45, 7) is 4.14. The Bertz CT molecular complexity index is 670. The molecule has 2 aromatic rings. The molecule has 1 aliphatic heterocycles. The smallest absolute Gasteiger partial charge is 0.269 e. The van der Waals surface area contributed by atoms with Crippen molar-refractivity contribution in [2.24, 2.45) is 0 Å². The fourth-order valence-electron chi connectivity index (χ4n) is 2.40. The van der Waals surface area contributed by atoms with Gasteiger partial charge < -0.3 is 4.90 Å². The number of hydrogen-bond acceptors (Lipinski definition) is 7. The van der Waals surface area contributed by atoms with Crippen molar-refractivity contribution < 1.29 is 4.92 Å². The van der Waals surface area contributed by atoms with Crippen LogP contribution in [0.2, 0.25) is 0 Å². The second-order valence-electron chi connectivity index (χ2n) is 5.16. The van der Waals surface area contributed by atoms with Crippen molar-refractivity contribution >= 4 is 33.9 Å². The summed E-state index contributed by atoms with van der Waals surface area (Å²) < 4.78 is 0.904. The van der Waals surface area contributed by atoms with E-state index < -0.39 is 0 Å². The first-order chi connectivity index (χ1) is 10.6. The zero-order valence-corrected chi connectivity index (χ0v) is 13.8. The average molecular weight is 336 g/mol. The molecule has 116 valence electrons. The minimum atomic E-state index is -0.364. The third kappa shape index (κ3) is 3.38. The lowest BCUT2D eigenvalue weighted by Crippen LogP contribution is -2.17. The van der Waals surface area contributed by atoms with Crippen molar-refractivity contribution in [1.82, 2.24) is 10.2 Å². The van der Waals surface area contributed by atoms with E-state index in [9.17, 15) is 10.1 Å². The molecule has 0 bridgehead atoms. The Kier molecular flexibility index (Phi) is 4.58. The lowest BCUT2D eigenvalue weighted by Gasteiger charge is -2.11. The first-order valence-corrected chi connectivity index (χ1v) is 8.82. The Balaban J connectivity index is 1.70. The number of benzene rings is 1. The summed E-state index contributed by atoms with van der Waals surface area (Å²) in [4.78, 5) is 12.8. The monoisotopic (exact) mass is 336 g/mol. The summed E-state index contributed by atoms with van der Waals surface area (Å²) in [6.07, 6.45) is 2.43. The molecule has 1 fully saturated rings. The Labute approximate surface area is 136 Å². The second-order valence-corrected chi connectivity index (χ2v) is 7.70. The number of anilines is 1. The van der Waals surface area contributed by atoms with Gasteiger partial charge in [0.2, 0.25) is 5.13 Å². The van der Waals surface area contributed by atoms with Crippen LogP contribution in [0, 0.1) is 10.1 Å². The number of aromatic nitrogens is 2. The normalized spacial score (nSPS) is 16.0. The summed E-state index contributed by atoms with van der Waals surface area (Å²) in [5, 5.41) is 20.4. The van der Waals surface area contributed by atoms with E-state index in [4.69, 9.17) is 0 Å². The van der Waals surface area contributed by atoms with Crippen LogP contribution in [0.25, 0.3) is 0 Å². The van der Waals surface area contributed by atoms with Gasteiger partial charge >= 0.3 is 0 Å². The van der Waals surface area contributed by atoms with Gasteiger partial charge in [0.1, 0.15) is 0 Å². The van der Waals surface area contributed by atoms with Crippen LogP contribution in [0.5, 0.6) is 0 Å². The number of hydrogen-bond donors (Lipinski definition) is 0. The molecule has 0 radical (unpaired) electrons. The molecule has 8 heteroatoms. The fourth-order valence-corrected chi connectivity index (χ4v) is 4.55. The van der Waals surface area contributed by atoms with Crippen molar-refractivity contribution in [3.63, 3.8) is 0 Å². The highest BCUT2D eigenvalue weighted by atomic mass is 32.2. The molecule has 3 rings (SSSR count). The van der Waals surface area contributed by atoms with Gasteiger partial charge in [-0.2, -0.15) is 0 Å². The Morgan fingerprint density at radius 1 is 1.36 bits per heavy atom. The molecule has 0 saturated carbocycles. The molecule has 0 N–H and O–H groups in total. The fraction of sp³-hybridized carbons (Fsp3) is 0.429. The predicted molar refractivity (Wildman–Crippen MR) is 88.7 cm³/mol. The van der Waals surface area contributed by atoms with Crippen molar-refractivity contribution in [3.8, 4) is 0 Å². The van der Waals surface area contributed by atoms with E-state index in [0.717, 1.165) is 28.1 Å². The second kappa shape index (κ2) is 6.62. The lowest BCUT2D eigenvalue weighted by molar-refractivity contribution is -0.384. The molecule has 1 atom stereocenters. The molecule has 1 unspecified atom stereocenters. The van der Waals surface area contributed by atoms with E-state index in [2.05, 4.69) is 15.1 Å². The molecule has 2 heterocycles. The first kappa shape index (κ1) is 15.2. The van der Waals surface area contributed by atoms with E-state index in [1.807, 2.05) is 13.0 Å². The van der Waals surface area contributed by atoms with Crippen molar-refractivity contribution in [1.29, 1.82) is 0 Å². The average Bonchev–Trinajstić information content (AvgIpc) is 3.18. The van der Waals surface area contributed by atoms with Crippen LogP contribution in [-0.2, 0) is 0 Å². The van der Waals surface area contributed by atoms with Crippen LogP contribution in [0.4, 0.5) is 10.8 Å². The van der Waals surface area contributed by atoms with Gasteiger partial charge in [-0.1, -0.05) is 35.2 Å². The zero-order chi connectivity index (χ0) is 15.5. The van der Waals surface area contributed by atoms with Crippen molar-refractivity contribution in [2.75, 3.05) is 18.0 Å². The van der Waals surface area contributed by atoms with Gasteiger partial charge in [0, 0.05) is 30.5 Å². The number of rotatable bonds is 5. The number of non-ortho nitro benzene ring substituents is 1. The molecule has 1 saturated heterocycles. The van der Waals surface area contributed by atoms with E-state index in [1.165, 1.54) is 18.9 Å². The van der Waals surface area contributed by atoms with Crippen LogP contribution < -0.4 is 4.90 Å². The molecule has 1 aromatic heterocycles. The van der Waals surface area contributed by atoms with E-state index >= 15 is 0 Å². The molecule has 0 spiro atoms. The molecule has 0 aliphatic carbocycles. The van der Waals surface area contributed by atoms with Crippen LogP contribution in [0.1, 0.15) is 30.6 Å². The minimum Gasteiger partial charge on any atom is -0.347 e. The molecular weight excluding hydrogens is 320 g/mol. The van der Waals surface area contributed by atoms with Crippen LogP contribution in [0.15, 0.2) is 28.6 Å². The maximum atomic E-state index is 10.9. The van der Waals surface area contributed by atoms with Gasteiger partial charge in [-0.3, -0.25) is 10.1 Å². The Morgan fingerprint density at radius 2 is 2.14 bits per heavy atom. The maximum absolute atomic E-state index is 10.9. The number of thioether (sulfide) groups is 1. The summed E-state index contributed by atoms with van der Waals surface area (Å²) in [6, 6.07) is 6.77.